The maximum Gasteiger partial charge on any atom is 0.309 e. The Hall–Kier alpha value is -4.11. The maximum absolute atomic E-state index is 13.8. The van der Waals surface area contributed by atoms with Crippen molar-refractivity contribution in [3.8, 4) is 17.2 Å². The summed E-state index contributed by atoms with van der Waals surface area (Å²) in [6.07, 6.45) is 5.16. The average molecular weight is 532 g/mol. The van der Waals surface area contributed by atoms with Crippen LogP contribution in [0.2, 0.25) is 0 Å². The maximum atomic E-state index is 13.8. The molecule has 204 valence electrons. The number of rotatable bonds is 10. The second kappa shape index (κ2) is 11.7. The summed E-state index contributed by atoms with van der Waals surface area (Å²) < 4.78 is 16.4. The standard InChI is InChI=1S/C30H33N3O6/c1-3-4-14-33(22-6-5-13-31-16-22)27(34)18-32-17-24(21-9-12-25-26(15-21)39-19-38-25)28(30(35)36)29(32)20-7-10-23(37-2)11-8-20/h5-13,15-16,24,28-29H,3-4,14,17-19H2,1-2H3,(H,35,36). The number of nitrogens with zero attached hydrogens (tertiary/aromatic N) is 3. The van der Waals surface area contributed by atoms with Crippen molar-refractivity contribution in [1.82, 2.24) is 9.88 Å². The molecule has 3 unspecified atom stereocenters. The second-order valence-corrected chi connectivity index (χ2v) is 9.84. The summed E-state index contributed by atoms with van der Waals surface area (Å²) in [4.78, 5) is 34.6. The minimum atomic E-state index is -0.913. The van der Waals surface area contributed by atoms with E-state index in [-0.39, 0.29) is 25.2 Å². The number of hydrogen-bond acceptors (Lipinski definition) is 7. The molecule has 39 heavy (non-hydrogen) atoms. The van der Waals surface area contributed by atoms with E-state index in [1.165, 1.54) is 0 Å². The van der Waals surface area contributed by atoms with Crippen molar-refractivity contribution in [3.63, 3.8) is 0 Å². The zero-order valence-corrected chi connectivity index (χ0v) is 22.2. The van der Waals surface area contributed by atoms with E-state index in [1.54, 1.807) is 24.4 Å². The fourth-order valence-electron chi connectivity index (χ4n) is 5.56. The van der Waals surface area contributed by atoms with Crippen LogP contribution in [0, 0.1) is 5.92 Å². The Kier molecular flexibility index (Phi) is 7.97. The number of amides is 1. The molecule has 3 aromatic rings. The van der Waals surface area contributed by atoms with E-state index in [0.717, 1.165) is 29.7 Å². The van der Waals surface area contributed by atoms with Crippen molar-refractivity contribution in [2.24, 2.45) is 5.92 Å². The van der Waals surface area contributed by atoms with E-state index < -0.39 is 17.9 Å². The molecule has 3 atom stereocenters. The third kappa shape index (κ3) is 5.54. The highest BCUT2D eigenvalue weighted by Gasteiger charge is 2.48. The first-order valence-electron chi connectivity index (χ1n) is 13.2. The molecular weight excluding hydrogens is 498 g/mol. The number of carbonyl (C=O) groups excluding carboxylic acids is 1. The zero-order valence-electron chi connectivity index (χ0n) is 22.2. The normalized spacial score (nSPS) is 20.1. The Bertz CT molecular complexity index is 1300. The molecule has 0 aliphatic carbocycles. The molecule has 2 aliphatic rings. The molecule has 2 aliphatic heterocycles. The molecule has 0 radical (unpaired) electrons. The van der Waals surface area contributed by atoms with Crippen molar-refractivity contribution < 1.29 is 28.9 Å². The lowest BCUT2D eigenvalue weighted by Crippen LogP contribution is -2.41. The highest BCUT2D eigenvalue weighted by atomic mass is 16.7. The number of benzene rings is 2. The summed E-state index contributed by atoms with van der Waals surface area (Å²) in [5, 5.41) is 10.5. The molecule has 9 heteroatoms. The first-order chi connectivity index (χ1) is 19.0. The molecule has 1 fully saturated rings. The van der Waals surface area contributed by atoms with Gasteiger partial charge < -0.3 is 24.2 Å². The van der Waals surface area contributed by atoms with E-state index in [0.29, 0.717) is 30.3 Å². The number of aromatic nitrogens is 1. The van der Waals surface area contributed by atoms with Gasteiger partial charge >= 0.3 is 5.97 Å². The summed E-state index contributed by atoms with van der Waals surface area (Å²) in [5.74, 6) is -0.219. The van der Waals surface area contributed by atoms with E-state index >= 15 is 0 Å². The summed E-state index contributed by atoms with van der Waals surface area (Å²) in [6.45, 7) is 3.26. The van der Waals surface area contributed by atoms with Crippen molar-refractivity contribution in [3.05, 3.63) is 78.1 Å². The van der Waals surface area contributed by atoms with Crippen molar-refractivity contribution in [1.29, 1.82) is 0 Å². The lowest BCUT2D eigenvalue weighted by atomic mass is 9.82. The first-order valence-corrected chi connectivity index (χ1v) is 13.2. The van der Waals surface area contributed by atoms with Crippen LogP contribution < -0.4 is 19.1 Å². The summed E-state index contributed by atoms with van der Waals surface area (Å²) >= 11 is 0. The van der Waals surface area contributed by atoms with Gasteiger partial charge in [-0.15, -0.1) is 0 Å². The smallest absolute Gasteiger partial charge is 0.309 e. The fraction of sp³-hybridized carbons (Fsp3) is 0.367. The molecule has 9 nitrogen and oxygen atoms in total. The second-order valence-electron chi connectivity index (χ2n) is 9.84. The predicted octanol–water partition coefficient (Wildman–Crippen LogP) is 4.49. The summed E-state index contributed by atoms with van der Waals surface area (Å²) in [6, 6.07) is 16.2. The molecule has 3 heterocycles. The fourth-order valence-corrected chi connectivity index (χ4v) is 5.56. The third-order valence-corrected chi connectivity index (χ3v) is 7.50. The minimum absolute atomic E-state index is 0.0696. The van der Waals surface area contributed by atoms with Gasteiger partial charge in [-0.1, -0.05) is 31.5 Å². The number of anilines is 1. The molecule has 1 saturated heterocycles. The number of carbonyl (C=O) groups is 2. The van der Waals surface area contributed by atoms with Gasteiger partial charge in [0.05, 0.1) is 31.5 Å². The predicted molar refractivity (Wildman–Crippen MR) is 145 cm³/mol. The van der Waals surface area contributed by atoms with Crippen LogP contribution in [0.25, 0.3) is 0 Å². The van der Waals surface area contributed by atoms with Gasteiger partial charge in [-0.25, -0.2) is 0 Å². The van der Waals surface area contributed by atoms with Gasteiger partial charge in [0.2, 0.25) is 12.7 Å². The van der Waals surface area contributed by atoms with Crippen molar-refractivity contribution >= 4 is 17.6 Å². The summed E-state index contributed by atoms with van der Waals surface area (Å²) in [7, 11) is 1.59. The molecule has 0 spiro atoms. The number of pyridine rings is 1. The Morgan fingerprint density at radius 1 is 1.10 bits per heavy atom. The third-order valence-electron chi connectivity index (χ3n) is 7.50. The molecule has 2 aromatic carbocycles. The van der Waals surface area contributed by atoms with E-state index in [4.69, 9.17) is 14.2 Å². The number of hydrogen-bond donors (Lipinski definition) is 1. The summed E-state index contributed by atoms with van der Waals surface area (Å²) in [5.41, 5.74) is 2.40. The van der Waals surface area contributed by atoms with Crippen molar-refractivity contribution in [2.45, 2.75) is 31.7 Å². The molecule has 1 N–H and O–H groups in total. The zero-order chi connectivity index (χ0) is 27.4. The van der Waals surface area contributed by atoms with Gasteiger partial charge in [0, 0.05) is 31.2 Å². The number of methoxy groups -OCH3 is 1. The van der Waals surface area contributed by atoms with Gasteiger partial charge in [0.15, 0.2) is 11.5 Å². The van der Waals surface area contributed by atoms with Crippen molar-refractivity contribution in [2.75, 3.05) is 38.4 Å². The first kappa shape index (κ1) is 26.5. The molecule has 0 saturated carbocycles. The number of unbranched alkanes of at least 4 members (excludes halogenated alkanes) is 1. The Morgan fingerprint density at radius 2 is 1.87 bits per heavy atom. The highest BCUT2D eigenvalue weighted by molar-refractivity contribution is 5.94. The van der Waals surface area contributed by atoms with Crippen LogP contribution in [0.1, 0.15) is 42.9 Å². The monoisotopic (exact) mass is 531 g/mol. The quantitative estimate of drug-likeness (QED) is 0.408. The molecule has 5 rings (SSSR count). The van der Waals surface area contributed by atoms with Gasteiger partial charge in [0.1, 0.15) is 5.75 Å². The van der Waals surface area contributed by atoms with Crippen LogP contribution in [0.4, 0.5) is 5.69 Å². The van der Waals surface area contributed by atoms with Gasteiger partial charge in [-0.3, -0.25) is 19.5 Å². The number of fused-ring (bicyclic) bond motifs is 1. The van der Waals surface area contributed by atoms with E-state index in [9.17, 15) is 14.7 Å². The molecular formula is C30H33N3O6. The number of carboxylic acid groups (broad SMARTS) is 1. The Labute approximate surface area is 227 Å². The topological polar surface area (TPSA) is 101 Å². The average Bonchev–Trinajstić information content (AvgIpc) is 3.58. The van der Waals surface area contributed by atoms with Gasteiger partial charge in [-0.05, 0) is 53.9 Å². The SMILES string of the molecule is CCCCN(C(=O)CN1CC(c2ccc3c(c2)OCO3)C(C(=O)O)C1c1ccc(OC)cc1)c1cccnc1. The van der Waals surface area contributed by atoms with Crippen LogP contribution in [0.5, 0.6) is 17.2 Å². The van der Waals surface area contributed by atoms with Crippen LogP contribution in [-0.2, 0) is 9.59 Å². The molecule has 0 bridgehead atoms. The van der Waals surface area contributed by atoms with Crippen LogP contribution in [-0.4, -0.2) is 60.4 Å². The lowest BCUT2D eigenvalue weighted by Gasteiger charge is -2.30. The number of likely N-dealkylation sites (tertiary alicyclic amines) is 1. The van der Waals surface area contributed by atoms with Gasteiger partial charge in [0.25, 0.3) is 0 Å². The number of carboxylic acids is 1. The number of aliphatic carboxylic acids is 1. The Balaban J connectivity index is 1.50. The largest absolute Gasteiger partial charge is 0.497 e. The highest BCUT2D eigenvalue weighted by Crippen LogP contribution is 2.47. The lowest BCUT2D eigenvalue weighted by molar-refractivity contribution is -0.143. The van der Waals surface area contributed by atoms with Crippen LogP contribution >= 0.6 is 0 Å². The molecule has 1 amide bonds. The molecule has 1 aromatic heterocycles. The van der Waals surface area contributed by atoms with Crippen LogP contribution in [0.15, 0.2) is 67.0 Å². The van der Waals surface area contributed by atoms with E-state index in [1.807, 2.05) is 59.5 Å². The van der Waals surface area contributed by atoms with Crippen LogP contribution in [0.3, 0.4) is 0 Å². The van der Waals surface area contributed by atoms with Gasteiger partial charge in [-0.2, -0.15) is 0 Å². The minimum Gasteiger partial charge on any atom is -0.497 e. The number of ether oxygens (including phenoxy) is 3. The van der Waals surface area contributed by atoms with E-state index in [2.05, 4.69) is 11.9 Å². The Morgan fingerprint density at radius 3 is 2.56 bits per heavy atom.